The Morgan fingerprint density at radius 2 is 1.04 bits per heavy atom. The van der Waals surface area contributed by atoms with Gasteiger partial charge in [-0.05, 0) is 101 Å². The van der Waals surface area contributed by atoms with E-state index in [0.29, 0.717) is 11.1 Å². The molecule has 2 aliphatic rings. The lowest BCUT2D eigenvalue weighted by atomic mass is 9.81. The lowest BCUT2D eigenvalue weighted by Gasteiger charge is -2.45. The number of carbonyl (C=O) groups excluding carboxylic acids is 2. The molecule has 6 rings (SSSR count). The van der Waals surface area contributed by atoms with Crippen LogP contribution in [0.1, 0.15) is 102 Å². The number of esters is 2. The van der Waals surface area contributed by atoms with E-state index in [1.165, 1.54) is 0 Å². The lowest BCUT2D eigenvalue weighted by molar-refractivity contribution is -0.00748. The van der Waals surface area contributed by atoms with Gasteiger partial charge in [-0.15, -0.1) is 0 Å². The van der Waals surface area contributed by atoms with Crippen molar-refractivity contribution < 1.29 is 19.1 Å². The highest BCUT2D eigenvalue weighted by atomic mass is 16.5. The maximum atomic E-state index is 13.9. The highest BCUT2D eigenvalue weighted by molar-refractivity contribution is 6.12. The first kappa shape index (κ1) is 32.2. The normalized spacial score (nSPS) is 20.8. The number of nitrogens with one attached hydrogen (secondary N) is 2. The number of fused-ring (bicyclic) bond motifs is 2. The van der Waals surface area contributed by atoms with E-state index in [2.05, 4.69) is 78.2 Å². The Hall–Kier alpha value is -3.74. The topological polar surface area (TPSA) is 76.7 Å². The highest BCUT2D eigenvalue weighted by Crippen LogP contribution is 2.37. The minimum absolute atomic E-state index is 0.133. The van der Waals surface area contributed by atoms with Crippen molar-refractivity contribution in [2.75, 3.05) is 0 Å². The van der Waals surface area contributed by atoms with Gasteiger partial charge in [0.25, 0.3) is 0 Å². The van der Waals surface area contributed by atoms with E-state index < -0.39 is 0 Å². The van der Waals surface area contributed by atoms with E-state index in [1.54, 1.807) is 0 Å². The Kier molecular flexibility index (Phi) is 8.05. The standard InChI is InChI=1S/C40H48N2O4/c1-37(2)21-28(22-38(3,4)41-37)45-35(43)31-16-9-12-25-18-19-27(20-33(25)31)30-15-10-13-26-14-11-17-32(34(26)30)36(44)46-29-23-39(5,6)42-40(7,8)24-29/h9-20,28-29,41-42H,21-24H2,1-8H3. The van der Waals surface area contributed by atoms with Crippen molar-refractivity contribution in [3.8, 4) is 11.1 Å². The molecule has 2 N–H and O–H groups in total. The van der Waals surface area contributed by atoms with Gasteiger partial charge in [-0.3, -0.25) is 0 Å². The number of benzene rings is 4. The second-order valence-electron chi connectivity index (χ2n) is 16.1. The number of hydrogen-bond donors (Lipinski definition) is 2. The van der Waals surface area contributed by atoms with Gasteiger partial charge in [0.15, 0.2) is 0 Å². The van der Waals surface area contributed by atoms with Crippen LogP contribution < -0.4 is 10.6 Å². The molecule has 242 valence electrons. The summed E-state index contributed by atoms with van der Waals surface area (Å²) in [7, 11) is 0. The summed E-state index contributed by atoms with van der Waals surface area (Å²) in [5, 5.41) is 10.9. The molecular formula is C40H48N2O4. The summed E-state index contributed by atoms with van der Waals surface area (Å²) in [5.41, 5.74) is 2.39. The lowest BCUT2D eigenvalue weighted by Crippen LogP contribution is -2.59. The van der Waals surface area contributed by atoms with Gasteiger partial charge in [0.1, 0.15) is 12.2 Å². The molecular weight excluding hydrogens is 572 g/mol. The van der Waals surface area contributed by atoms with Crippen molar-refractivity contribution in [2.24, 2.45) is 0 Å². The molecule has 2 saturated heterocycles. The molecule has 4 aromatic rings. The number of piperidine rings is 2. The average Bonchev–Trinajstić information content (AvgIpc) is 2.92. The van der Waals surface area contributed by atoms with Crippen LogP contribution in [-0.2, 0) is 9.47 Å². The predicted molar refractivity (Wildman–Crippen MR) is 186 cm³/mol. The van der Waals surface area contributed by atoms with Crippen molar-refractivity contribution in [3.05, 3.63) is 83.9 Å². The number of hydrogen-bond acceptors (Lipinski definition) is 6. The van der Waals surface area contributed by atoms with Crippen molar-refractivity contribution >= 4 is 33.5 Å². The van der Waals surface area contributed by atoms with Crippen LogP contribution in [0.3, 0.4) is 0 Å². The van der Waals surface area contributed by atoms with Crippen LogP contribution >= 0.6 is 0 Å². The predicted octanol–water partition coefficient (Wildman–Crippen LogP) is 8.59. The van der Waals surface area contributed by atoms with Gasteiger partial charge >= 0.3 is 11.9 Å². The van der Waals surface area contributed by atoms with E-state index in [-0.39, 0.29) is 46.3 Å². The molecule has 6 nitrogen and oxygen atoms in total. The van der Waals surface area contributed by atoms with E-state index in [0.717, 1.165) is 58.4 Å². The summed E-state index contributed by atoms with van der Waals surface area (Å²) >= 11 is 0. The maximum absolute atomic E-state index is 13.9. The first-order chi connectivity index (χ1) is 21.5. The van der Waals surface area contributed by atoms with Gasteiger partial charge in [-0.1, -0.05) is 54.6 Å². The smallest absolute Gasteiger partial charge is 0.339 e. The molecule has 0 bridgehead atoms. The largest absolute Gasteiger partial charge is 0.459 e. The summed E-state index contributed by atoms with van der Waals surface area (Å²) in [6, 6.07) is 23.8. The Bertz CT molecular complexity index is 1780. The van der Waals surface area contributed by atoms with E-state index in [9.17, 15) is 9.59 Å². The molecule has 0 spiro atoms. The fraction of sp³-hybridized carbons (Fsp3) is 0.450. The quantitative estimate of drug-likeness (QED) is 0.218. The third-order valence-electron chi connectivity index (χ3n) is 9.39. The van der Waals surface area contributed by atoms with Crippen molar-refractivity contribution in [1.82, 2.24) is 10.6 Å². The zero-order valence-electron chi connectivity index (χ0n) is 28.5. The highest BCUT2D eigenvalue weighted by Gasteiger charge is 2.41. The van der Waals surface area contributed by atoms with Crippen LogP contribution in [0.15, 0.2) is 72.8 Å². The molecule has 0 radical (unpaired) electrons. The minimum atomic E-state index is -0.311. The van der Waals surface area contributed by atoms with Gasteiger partial charge in [0.2, 0.25) is 0 Å². The van der Waals surface area contributed by atoms with Crippen LogP contribution in [0.25, 0.3) is 32.7 Å². The molecule has 0 aromatic heterocycles. The Morgan fingerprint density at radius 3 is 1.59 bits per heavy atom. The molecule has 0 aliphatic carbocycles. The first-order valence-corrected chi connectivity index (χ1v) is 16.6. The minimum Gasteiger partial charge on any atom is -0.459 e. The molecule has 0 saturated carbocycles. The van der Waals surface area contributed by atoms with Crippen molar-refractivity contribution in [2.45, 2.75) is 115 Å². The third kappa shape index (κ3) is 6.84. The van der Waals surface area contributed by atoms with E-state index >= 15 is 0 Å². The summed E-state index contributed by atoms with van der Waals surface area (Å²) in [6.45, 7) is 17.2. The van der Waals surface area contributed by atoms with Gasteiger partial charge in [0, 0.05) is 53.2 Å². The number of carbonyl (C=O) groups is 2. The van der Waals surface area contributed by atoms with Crippen molar-refractivity contribution in [3.63, 3.8) is 0 Å². The second kappa shape index (κ2) is 11.5. The van der Waals surface area contributed by atoms with Crippen LogP contribution in [0.4, 0.5) is 0 Å². The molecule has 4 aromatic carbocycles. The molecule has 2 aliphatic heterocycles. The van der Waals surface area contributed by atoms with Crippen LogP contribution in [0.5, 0.6) is 0 Å². The summed E-state index contributed by atoms with van der Waals surface area (Å²) < 4.78 is 12.4. The number of rotatable bonds is 5. The maximum Gasteiger partial charge on any atom is 0.339 e. The Balaban J connectivity index is 1.35. The molecule has 6 heteroatoms. The molecule has 0 atom stereocenters. The van der Waals surface area contributed by atoms with Gasteiger partial charge in [-0.2, -0.15) is 0 Å². The molecule has 46 heavy (non-hydrogen) atoms. The fourth-order valence-corrected chi connectivity index (χ4v) is 8.42. The van der Waals surface area contributed by atoms with E-state index in [4.69, 9.17) is 9.47 Å². The van der Waals surface area contributed by atoms with Gasteiger partial charge in [-0.25, -0.2) is 9.59 Å². The summed E-state index contributed by atoms with van der Waals surface area (Å²) in [4.78, 5) is 27.6. The molecule has 0 amide bonds. The summed E-state index contributed by atoms with van der Waals surface area (Å²) in [6.07, 6.45) is 2.62. The average molecular weight is 621 g/mol. The van der Waals surface area contributed by atoms with Crippen LogP contribution in [0, 0.1) is 0 Å². The Morgan fingerprint density at radius 1 is 0.587 bits per heavy atom. The summed E-state index contributed by atoms with van der Waals surface area (Å²) in [5.74, 6) is -0.620. The van der Waals surface area contributed by atoms with Crippen LogP contribution in [-0.4, -0.2) is 46.3 Å². The zero-order chi connectivity index (χ0) is 33.1. The third-order valence-corrected chi connectivity index (χ3v) is 9.39. The second-order valence-corrected chi connectivity index (χ2v) is 16.1. The SMILES string of the molecule is CC1(C)CC(OC(=O)c2cccc3ccc(-c4cccc5cccc(C(=O)OC6CC(C)(C)NC(C)(C)C6)c45)cc23)CC(C)(C)N1. The fourth-order valence-electron chi connectivity index (χ4n) is 8.42. The monoisotopic (exact) mass is 620 g/mol. The number of ether oxygens (including phenoxy) is 2. The first-order valence-electron chi connectivity index (χ1n) is 16.6. The molecule has 2 fully saturated rings. The zero-order valence-corrected chi connectivity index (χ0v) is 28.5. The molecule has 2 heterocycles. The van der Waals surface area contributed by atoms with Crippen molar-refractivity contribution in [1.29, 1.82) is 0 Å². The van der Waals surface area contributed by atoms with Gasteiger partial charge < -0.3 is 20.1 Å². The molecule has 0 unspecified atom stereocenters. The van der Waals surface area contributed by atoms with Crippen LogP contribution in [0.2, 0.25) is 0 Å². The van der Waals surface area contributed by atoms with Gasteiger partial charge in [0.05, 0.1) is 11.1 Å². The van der Waals surface area contributed by atoms with E-state index in [1.807, 2.05) is 60.7 Å². The Labute approximate surface area is 273 Å².